The first-order valence-electron chi connectivity index (χ1n) is 6.88. The molecule has 0 saturated carbocycles. The van der Waals surface area contributed by atoms with E-state index in [4.69, 9.17) is 23.2 Å². The number of aliphatic hydroxyl groups is 2. The van der Waals surface area contributed by atoms with Gasteiger partial charge in [0.2, 0.25) is 0 Å². The molecule has 1 fully saturated rings. The van der Waals surface area contributed by atoms with Gasteiger partial charge < -0.3 is 20.4 Å². The Morgan fingerprint density at radius 2 is 2.05 bits per heavy atom. The number of benzene rings is 1. The van der Waals surface area contributed by atoms with Crippen molar-refractivity contribution in [2.24, 2.45) is 0 Å². The number of urea groups is 1. The Morgan fingerprint density at radius 1 is 1.32 bits per heavy atom. The fraction of sp³-hybridized carbons (Fsp3) is 0.500. The molecule has 122 valence electrons. The van der Waals surface area contributed by atoms with Crippen molar-refractivity contribution in [3.05, 3.63) is 28.0 Å². The Kier molecular flexibility index (Phi) is 5.50. The van der Waals surface area contributed by atoms with Gasteiger partial charge in [0.25, 0.3) is 0 Å². The number of hydrogen-bond acceptors (Lipinski definition) is 3. The van der Waals surface area contributed by atoms with Crippen LogP contribution in [0.5, 0.6) is 0 Å². The topological polar surface area (TPSA) is 72.8 Å². The monoisotopic (exact) mass is 350 g/mol. The van der Waals surface area contributed by atoms with E-state index in [9.17, 15) is 19.4 Å². The molecule has 3 N–H and O–H groups in total. The second-order valence-corrected chi connectivity index (χ2v) is 6.21. The van der Waals surface area contributed by atoms with Crippen molar-refractivity contribution < 1.29 is 19.4 Å². The van der Waals surface area contributed by atoms with Crippen molar-refractivity contribution in [2.45, 2.75) is 24.9 Å². The van der Waals surface area contributed by atoms with Crippen molar-refractivity contribution in [3.63, 3.8) is 0 Å². The van der Waals surface area contributed by atoms with Crippen molar-refractivity contribution >= 4 is 34.9 Å². The van der Waals surface area contributed by atoms with Crippen LogP contribution < -0.4 is 5.32 Å². The maximum Gasteiger partial charge on any atom is 0.321 e. The van der Waals surface area contributed by atoms with Gasteiger partial charge in [0.1, 0.15) is 5.82 Å². The van der Waals surface area contributed by atoms with Crippen LogP contribution in [0, 0.1) is 5.82 Å². The minimum atomic E-state index is -1.15. The minimum absolute atomic E-state index is 0.120. The van der Waals surface area contributed by atoms with Gasteiger partial charge in [0.15, 0.2) is 0 Å². The van der Waals surface area contributed by atoms with Crippen molar-refractivity contribution in [1.82, 2.24) is 4.90 Å². The summed E-state index contributed by atoms with van der Waals surface area (Å²) in [6.07, 6.45) is 1.26. The first kappa shape index (κ1) is 17.3. The molecular weight excluding hydrogens is 334 g/mol. The van der Waals surface area contributed by atoms with Crippen LogP contribution in [0.1, 0.15) is 19.3 Å². The average Bonchev–Trinajstić information content (AvgIpc) is 2.67. The van der Waals surface area contributed by atoms with Crippen LogP contribution in [-0.2, 0) is 0 Å². The van der Waals surface area contributed by atoms with Gasteiger partial charge in [-0.1, -0.05) is 23.2 Å². The van der Waals surface area contributed by atoms with E-state index in [1.165, 1.54) is 11.0 Å². The van der Waals surface area contributed by atoms with Gasteiger partial charge in [-0.2, -0.15) is 0 Å². The Labute approximate surface area is 137 Å². The van der Waals surface area contributed by atoms with E-state index in [0.29, 0.717) is 19.4 Å². The number of rotatable bonds is 2. The Morgan fingerprint density at radius 3 is 2.73 bits per heavy atom. The summed E-state index contributed by atoms with van der Waals surface area (Å²) in [7, 11) is 0. The van der Waals surface area contributed by atoms with Crippen molar-refractivity contribution in [1.29, 1.82) is 0 Å². The van der Waals surface area contributed by atoms with E-state index in [2.05, 4.69) is 5.32 Å². The molecule has 22 heavy (non-hydrogen) atoms. The average molecular weight is 351 g/mol. The third-order valence-electron chi connectivity index (χ3n) is 3.75. The summed E-state index contributed by atoms with van der Waals surface area (Å²) < 4.78 is 13.4. The molecule has 0 spiro atoms. The highest BCUT2D eigenvalue weighted by atomic mass is 35.5. The minimum Gasteiger partial charge on any atom is -0.393 e. The lowest BCUT2D eigenvalue weighted by atomic mass is 9.96. The van der Waals surface area contributed by atoms with Crippen molar-refractivity contribution in [2.75, 3.05) is 25.0 Å². The third kappa shape index (κ3) is 4.01. The number of nitrogens with one attached hydrogen (secondary N) is 1. The highest BCUT2D eigenvalue weighted by molar-refractivity contribution is 6.36. The van der Waals surface area contributed by atoms with Gasteiger partial charge >= 0.3 is 6.03 Å². The normalized spacial score (nSPS) is 22.3. The number of aliphatic hydroxyl groups excluding tert-OH is 1. The third-order valence-corrected chi connectivity index (χ3v) is 4.35. The van der Waals surface area contributed by atoms with E-state index in [1.807, 2.05) is 0 Å². The maximum absolute atomic E-state index is 13.4. The quantitative estimate of drug-likeness (QED) is 0.718. The van der Waals surface area contributed by atoms with Crippen LogP contribution in [0.2, 0.25) is 10.0 Å². The van der Waals surface area contributed by atoms with Crippen LogP contribution in [-0.4, -0.2) is 46.4 Å². The van der Waals surface area contributed by atoms with E-state index in [0.717, 1.165) is 6.07 Å². The zero-order chi connectivity index (χ0) is 16.3. The smallest absolute Gasteiger partial charge is 0.321 e. The number of amides is 2. The fourth-order valence-corrected chi connectivity index (χ4v) is 2.78. The number of anilines is 1. The highest BCUT2D eigenvalue weighted by Crippen LogP contribution is 2.29. The number of halogens is 3. The van der Waals surface area contributed by atoms with Gasteiger partial charge in [-0.05, 0) is 25.3 Å². The summed E-state index contributed by atoms with van der Waals surface area (Å²) in [5.74, 6) is -0.674. The van der Waals surface area contributed by atoms with E-state index in [1.54, 1.807) is 0 Å². The molecule has 0 radical (unpaired) electrons. The molecule has 1 aliphatic rings. The van der Waals surface area contributed by atoms with Gasteiger partial charge in [-0.25, -0.2) is 9.18 Å². The number of hydrogen-bond donors (Lipinski definition) is 3. The van der Waals surface area contributed by atoms with Gasteiger partial charge in [-0.15, -0.1) is 0 Å². The Balaban J connectivity index is 2.05. The molecular formula is C14H17Cl2FN2O3. The molecule has 5 nitrogen and oxygen atoms in total. The van der Waals surface area contributed by atoms with Crippen molar-refractivity contribution in [3.8, 4) is 0 Å². The zero-order valence-electron chi connectivity index (χ0n) is 11.8. The van der Waals surface area contributed by atoms with Gasteiger partial charge in [-0.3, -0.25) is 0 Å². The van der Waals surface area contributed by atoms with Gasteiger partial charge in [0, 0.05) is 19.2 Å². The fourth-order valence-electron chi connectivity index (χ4n) is 2.35. The summed E-state index contributed by atoms with van der Waals surface area (Å²) in [6, 6.07) is 1.84. The first-order valence-corrected chi connectivity index (χ1v) is 7.64. The van der Waals surface area contributed by atoms with Crippen LogP contribution >= 0.6 is 23.2 Å². The lowest BCUT2D eigenvalue weighted by Crippen LogP contribution is -2.38. The maximum atomic E-state index is 13.4. The van der Waals surface area contributed by atoms with Crippen LogP contribution in [0.15, 0.2) is 12.1 Å². The second kappa shape index (κ2) is 7.00. The molecule has 2 rings (SSSR count). The summed E-state index contributed by atoms with van der Waals surface area (Å²) in [5, 5.41) is 21.8. The lowest BCUT2D eigenvalue weighted by Gasteiger charge is -2.24. The molecule has 0 aromatic heterocycles. The SMILES string of the molecule is O=C(Nc1cc(F)c(Cl)cc1Cl)N1CCC[C@@](O)(CO)CC1. The molecule has 0 aliphatic carbocycles. The van der Waals surface area contributed by atoms with E-state index < -0.39 is 17.4 Å². The molecule has 8 heteroatoms. The molecule has 1 saturated heterocycles. The highest BCUT2D eigenvalue weighted by Gasteiger charge is 2.30. The van der Waals surface area contributed by atoms with E-state index in [-0.39, 0.29) is 35.3 Å². The Hall–Kier alpha value is -1.08. The predicted octanol–water partition coefficient (Wildman–Crippen LogP) is 2.87. The molecule has 1 aliphatic heterocycles. The molecule has 0 unspecified atom stereocenters. The number of carbonyl (C=O) groups is 1. The molecule has 1 aromatic carbocycles. The number of carbonyl (C=O) groups excluding carboxylic acids is 1. The van der Waals surface area contributed by atoms with Crippen LogP contribution in [0.3, 0.4) is 0 Å². The summed E-state index contributed by atoms with van der Waals surface area (Å²) >= 11 is 11.5. The molecule has 2 amide bonds. The molecule has 1 atom stereocenters. The molecule has 1 aromatic rings. The summed E-state index contributed by atoms with van der Waals surface area (Å²) in [5.41, 5.74) is -1.02. The summed E-state index contributed by atoms with van der Waals surface area (Å²) in [4.78, 5) is 13.7. The van der Waals surface area contributed by atoms with Crippen LogP contribution in [0.25, 0.3) is 0 Å². The predicted molar refractivity (Wildman–Crippen MR) is 82.9 cm³/mol. The van der Waals surface area contributed by atoms with E-state index >= 15 is 0 Å². The standard InChI is InChI=1S/C14H17Cl2FN2O3/c15-9-6-10(16)12(7-11(9)17)18-13(21)19-4-1-2-14(22,8-20)3-5-19/h6-7,20,22H,1-5,8H2,(H,18,21)/t14-/m0/s1. The second-order valence-electron chi connectivity index (χ2n) is 5.40. The number of likely N-dealkylation sites (tertiary alicyclic amines) is 1. The van der Waals surface area contributed by atoms with Crippen LogP contribution in [0.4, 0.5) is 14.9 Å². The zero-order valence-corrected chi connectivity index (χ0v) is 13.3. The lowest BCUT2D eigenvalue weighted by molar-refractivity contribution is -0.0247. The molecule has 1 heterocycles. The summed E-state index contributed by atoms with van der Waals surface area (Å²) in [6.45, 7) is 0.384. The molecule has 0 bridgehead atoms. The van der Waals surface area contributed by atoms with Gasteiger partial charge in [0.05, 0.1) is 27.9 Å². The Bertz CT molecular complexity index is 573. The number of nitrogens with zero attached hydrogens (tertiary/aromatic N) is 1. The largest absolute Gasteiger partial charge is 0.393 e. The first-order chi connectivity index (χ1) is 10.3.